The Morgan fingerprint density at radius 2 is 1.97 bits per heavy atom. The number of sulfonamides is 1. The van der Waals surface area contributed by atoms with Crippen LogP contribution in [-0.2, 0) is 14.8 Å². The van der Waals surface area contributed by atoms with Gasteiger partial charge in [-0.25, -0.2) is 13.4 Å². The Kier molecular flexibility index (Phi) is 8.25. The lowest BCUT2D eigenvalue weighted by Crippen LogP contribution is -2.43. The quantitative estimate of drug-likeness (QED) is 0.339. The second kappa shape index (κ2) is 11.5. The van der Waals surface area contributed by atoms with E-state index in [0.29, 0.717) is 46.7 Å². The lowest BCUT2D eigenvalue weighted by atomic mass is 10.0. The molecule has 2 saturated heterocycles. The number of fused-ring (bicyclic) bond motifs is 1. The van der Waals surface area contributed by atoms with E-state index in [9.17, 15) is 13.2 Å². The molecule has 2 unspecified atom stereocenters. The number of carbonyl (C=O) groups excluding carboxylic acids is 1. The molecular formula is C27H32ClN3O5S2. The van der Waals surface area contributed by atoms with Crippen LogP contribution < -0.4 is 9.64 Å². The number of hydrogen-bond acceptors (Lipinski definition) is 7. The smallest absolute Gasteiger partial charge is 0.260 e. The van der Waals surface area contributed by atoms with Gasteiger partial charge in [0.15, 0.2) is 5.13 Å². The van der Waals surface area contributed by atoms with E-state index in [1.165, 1.54) is 23.5 Å². The van der Waals surface area contributed by atoms with Gasteiger partial charge in [0.1, 0.15) is 11.3 Å². The molecule has 0 aliphatic carbocycles. The summed E-state index contributed by atoms with van der Waals surface area (Å²) < 4.78 is 40.4. The third kappa shape index (κ3) is 5.29. The van der Waals surface area contributed by atoms with Crippen LogP contribution in [0.25, 0.3) is 10.2 Å². The Hall–Kier alpha value is -2.24. The summed E-state index contributed by atoms with van der Waals surface area (Å²) in [6.07, 6.45) is 5.25. The van der Waals surface area contributed by atoms with Crippen molar-refractivity contribution in [1.82, 2.24) is 9.29 Å². The highest BCUT2D eigenvalue weighted by molar-refractivity contribution is 7.89. The molecule has 2 aromatic carbocycles. The number of thiazole rings is 1. The van der Waals surface area contributed by atoms with Gasteiger partial charge in [-0.15, -0.1) is 0 Å². The number of amides is 1. The molecule has 0 saturated carbocycles. The molecule has 2 atom stereocenters. The maximum atomic E-state index is 13.8. The number of carbonyl (C=O) groups is 1. The topological polar surface area (TPSA) is 89.0 Å². The van der Waals surface area contributed by atoms with E-state index < -0.39 is 10.0 Å². The van der Waals surface area contributed by atoms with Gasteiger partial charge in [0, 0.05) is 24.8 Å². The maximum Gasteiger partial charge on any atom is 0.260 e. The van der Waals surface area contributed by atoms with Gasteiger partial charge in [0.05, 0.1) is 34.4 Å². The van der Waals surface area contributed by atoms with Crippen LogP contribution in [0.5, 0.6) is 5.75 Å². The molecule has 11 heteroatoms. The van der Waals surface area contributed by atoms with Crippen molar-refractivity contribution in [2.75, 3.05) is 31.7 Å². The fourth-order valence-corrected chi connectivity index (χ4v) is 8.25. The minimum Gasteiger partial charge on any atom is -0.494 e. The van der Waals surface area contributed by atoms with Gasteiger partial charge < -0.3 is 9.47 Å². The van der Waals surface area contributed by atoms with E-state index >= 15 is 0 Å². The van der Waals surface area contributed by atoms with Crippen molar-refractivity contribution in [2.45, 2.75) is 62.5 Å². The van der Waals surface area contributed by atoms with Crippen molar-refractivity contribution >= 4 is 54.2 Å². The fraction of sp³-hybridized carbons (Fsp3) is 0.481. The van der Waals surface area contributed by atoms with Gasteiger partial charge in [-0.3, -0.25) is 9.69 Å². The molecule has 2 aliphatic heterocycles. The van der Waals surface area contributed by atoms with E-state index in [0.717, 1.165) is 43.2 Å². The lowest BCUT2D eigenvalue weighted by Gasteiger charge is -2.34. The summed E-state index contributed by atoms with van der Waals surface area (Å²) in [5.41, 5.74) is 0.976. The Balaban J connectivity index is 1.46. The molecule has 1 aromatic heterocycles. The standard InChI is InChI=1S/C27H32ClN3O5S2/c1-3-19-7-4-5-15-31(19)38(33,34)21-11-9-18(10-12-21)26(32)30(17-20-8-6-16-36-20)27-29-24-23(35-2)14-13-22(28)25(24)37-27/h9-14,19-20H,3-8,15-17H2,1-2H3. The van der Waals surface area contributed by atoms with Crippen molar-refractivity contribution in [2.24, 2.45) is 0 Å². The molecule has 3 aromatic rings. The van der Waals surface area contributed by atoms with Gasteiger partial charge in [0.25, 0.3) is 5.91 Å². The highest BCUT2D eigenvalue weighted by atomic mass is 35.5. The molecule has 0 spiro atoms. The Bertz CT molecular complexity index is 1400. The number of aromatic nitrogens is 1. The number of halogens is 1. The maximum absolute atomic E-state index is 13.8. The van der Waals surface area contributed by atoms with Crippen molar-refractivity contribution in [3.63, 3.8) is 0 Å². The first-order valence-electron chi connectivity index (χ1n) is 13.0. The highest BCUT2D eigenvalue weighted by Crippen LogP contribution is 2.39. The zero-order chi connectivity index (χ0) is 26.9. The van der Waals surface area contributed by atoms with Crippen LogP contribution in [0.2, 0.25) is 5.02 Å². The molecule has 2 fully saturated rings. The van der Waals surface area contributed by atoms with Gasteiger partial charge in [0.2, 0.25) is 10.0 Å². The van der Waals surface area contributed by atoms with E-state index in [2.05, 4.69) is 0 Å². The first-order chi connectivity index (χ1) is 18.3. The van der Waals surface area contributed by atoms with Crippen molar-refractivity contribution in [3.05, 3.63) is 47.0 Å². The van der Waals surface area contributed by atoms with Crippen molar-refractivity contribution in [1.29, 1.82) is 0 Å². The number of hydrogen-bond donors (Lipinski definition) is 0. The largest absolute Gasteiger partial charge is 0.494 e. The van der Waals surface area contributed by atoms with Crippen molar-refractivity contribution in [3.8, 4) is 5.75 Å². The first-order valence-corrected chi connectivity index (χ1v) is 15.6. The van der Waals surface area contributed by atoms with Gasteiger partial charge >= 0.3 is 0 Å². The average Bonchev–Trinajstić information content (AvgIpc) is 3.62. The van der Waals surface area contributed by atoms with Gasteiger partial charge in [-0.2, -0.15) is 4.31 Å². The summed E-state index contributed by atoms with van der Waals surface area (Å²) in [4.78, 5) is 20.4. The second-order valence-electron chi connectivity index (χ2n) is 9.67. The average molecular weight is 578 g/mol. The third-order valence-corrected chi connectivity index (χ3v) is 10.8. The summed E-state index contributed by atoms with van der Waals surface area (Å²) in [5.74, 6) is 0.303. The van der Waals surface area contributed by atoms with Gasteiger partial charge in [-0.1, -0.05) is 36.3 Å². The third-order valence-electron chi connectivity index (χ3n) is 7.31. The summed E-state index contributed by atoms with van der Waals surface area (Å²) in [6.45, 7) is 3.55. The molecule has 1 amide bonds. The number of ether oxygens (including phenoxy) is 2. The summed E-state index contributed by atoms with van der Waals surface area (Å²) in [5, 5.41) is 1.02. The molecule has 0 radical (unpaired) electrons. The molecule has 0 N–H and O–H groups in total. The van der Waals surface area contributed by atoms with E-state index in [-0.39, 0.29) is 22.9 Å². The number of methoxy groups -OCH3 is 1. The Morgan fingerprint density at radius 1 is 1.18 bits per heavy atom. The molecule has 8 nitrogen and oxygen atoms in total. The number of rotatable bonds is 8. The highest BCUT2D eigenvalue weighted by Gasteiger charge is 2.33. The molecule has 2 aliphatic rings. The molecule has 0 bridgehead atoms. The zero-order valence-electron chi connectivity index (χ0n) is 21.6. The van der Waals surface area contributed by atoms with E-state index in [1.807, 2.05) is 6.92 Å². The SMILES string of the molecule is CCC1CCCCN1S(=O)(=O)c1ccc(C(=O)N(CC2CCCO2)c2nc3c(OC)ccc(Cl)c3s2)cc1. The zero-order valence-corrected chi connectivity index (χ0v) is 23.9. The fourth-order valence-electron chi connectivity index (χ4n) is 5.22. The summed E-state index contributed by atoms with van der Waals surface area (Å²) in [7, 11) is -2.07. The van der Waals surface area contributed by atoms with Crippen LogP contribution in [0.3, 0.4) is 0 Å². The predicted octanol–water partition coefficient (Wildman–Crippen LogP) is 5.74. The Labute approximate surface area is 232 Å². The predicted molar refractivity (Wildman–Crippen MR) is 150 cm³/mol. The minimum absolute atomic E-state index is 0.0137. The Morgan fingerprint density at radius 3 is 2.66 bits per heavy atom. The van der Waals surface area contributed by atoms with Crippen LogP contribution in [0.4, 0.5) is 5.13 Å². The molecular weight excluding hydrogens is 546 g/mol. The van der Waals surface area contributed by atoms with Crippen LogP contribution in [0.1, 0.15) is 55.8 Å². The molecule has 38 heavy (non-hydrogen) atoms. The number of nitrogens with zero attached hydrogens (tertiary/aromatic N) is 3. The summed E-state index contributed by atoms with van der Waals surface area (Å²) >= 11 is 7.76. The van der Waals surface area contributed by atoms with E-state index in [4.69, 9.17) is 26.1 Å². The monoisotopic (exact) mass is 577 g/mol. The molecule has 5 rings (SSSR count). The minimum atomic E-state index is -3.64. The van der Waals surface area contributed by atoms with Crippen LogP contribution >= 0.6 is 22.9 Å². The van der Waals surface area contributed by atoms with E-state index in [1.54, 1.807) is 40.6 Å². The number of piperidine rings is 1. The molecule has 3 heterocycles. The normalized spacial score (nSPS) is 20.6. The lowest BCUT2D eigenvalue weighted by molar-refractivity contribution is 0.0917. The van der Waals surface area contributed by atoms with Crippen LogP contribution in [0, 0.1) is 0 Å². The van der Waals surface area contributed by atoms with Crippen LogP contribution in [-0.4, -0.2) is 62.6 Å². The summed E-state index contributed by atoms with van der Waals surface area (Å²) in [6, 6.07) is 9.76. The number of anilines is 1. The van der Waals surface area contributed by atoms with Gasteiger partial charge in [-0.05, 0) is 68.5 Å². The van der Waals surface area contributed by atoms with Crippen molar-refractivity contribution < 1.29 is 22.7 Å². The molecule has 204 valence electrons. The second-order valence-corrected chi connectivity index (χ2v) is 12.9. The number of benzene rings is 2. The first kappa shape index (κ1) is 27.3. The van der Waals surface area contributed by atoms with Crippen LogP contribution in [0.15, 0.2) is 41.3 Å².